The van der Waals surface area contributed by atoms with Crippen molar-refractivity contribution in [2.24, 2.45) is 10.9 Å². The van der Waals surface area contributed by atoms with E-state index in [1.165, 1.54) is 12.8 Å². The molecule has 6 nitrogen and oxygen atoms in total. The molecule has 1 aliphatic heterocycles. The van der Waals surface area contributed by atoms with Gasteiger partial charge in [-0.2, -0.15) is 0 Å². The number of phenolic OH excluding ortho intramolecular Hbond substituents is 1. The van der Waals surface area contributed by atoms with Gasteiger partial charge in [-0.15, -0.1) is 24.0 Å². The van der Waals surface area contributed by atoms with E-state index in [0.29, 0.717) is 18.2 Å². The van der Waals surface area contributed by atoms with Crippen LogP contribution in [-0.2, 0) is 11.2 Å². The summed E-state index contributed by atoms with van der Waals surface area (Å²) >= 11 is 0. The molecule has 0 aromatic heterocycles. The number of halogens is 1. The van der Waals surface area contributed by atoms with Crippen LogP contribution in [0.5, 0.6) is 5.75 Å². The molecule has 156 valence electrons. The van der Waals surface area contributed by atoms with Crippen LogP contribution in [0.3, 0.4) is 0 Å². The second-order valence-electron chi connectivity index (χ2n) is 7.58. The lowest BCUT2D eigenvalue weighted by molar-refractivity contribution is -0.134. The lowest BCUT2D eigenvalue weighted by Gasteiger charge is -2.21. The Bertz CT molecular complexity index is 662. The molecule has 1 unspecified atom stereocenters. The highest BCUT2D eigenvalue weighted by molar-refractivity contribution is 14.0. The van der Waals surface area contributed by atoms with Gasteiger partial charge < -0.3 is 20.6 Å². The molecule has 0 bridgehead atoms. The normalized spacial score (nSPS) is 20.1. The van der Waals surface area contributed by atoms with Gasteiger partial charge in [0.05, 0.1) is 0 Å². The molecule has 0 radical (unpaired) electrons. The van der Waals surface area contributed by atoms with Crippen molar-refractivity contribution >= 4 is 35.8 Å². The summed E-state index contributed by atoms with van der Waals surface area (Å²) in [6.45, 7) is 5.12. The summed E-state index contributed by atoms with van der Waals surface area (Å²) in [7, 11) is 0. The predicted molar refractivity (Wildman–Crippen MR) is 123 cm³/mol. The van der Waals surface area contributed by atoms with Crippen LogP contribution in [0.1, 0.15) is 44.6 Å². The standard InChI is InChI=1S/C21H32N4O2.HI/c1-2-22-21(23-12-10-16-6-5-9-19(26)14-16)24-18-11-13-25(15-18)20(27)17-7-3-4-8-17;/h5-6,9,14,17-18,26H,2-4,7-8,10-13,15H2,1H3,(H2,22,23,24);1H. The zero-order valence-corrected chi connectivity index (χ0v) is 19.0. The van der Waals surface area contributed by atoms with E-state index in [1.54, 1.807) is 12.1 Å². The molecule has 0 spiro atoms. The number of rotatable bonds is 6. The minimum Gasteiger partial charge on any atom is -0.508 e. The topological polar surface area (TPSA) is 77.0 Å². The quantitative estimate of drug-likeness (QED) is 0.319. The molecule has 1 heterocycles. The third-order valence-electron chi connectivity index (χ3n) is 5.47. The van der Waals surface area contributed by atoms with Gasteiger partial charge in [0, 0.05) is 38.1 Å². The van der Waals surface area contributed by atoms with E-state index in [2.05, 4.69) is 22.5 Å². The number of carbonyl (C=O) groups excluding carboxylic acids is 1. The van der Waals surface area contributed by atoms with Gasteiger partial charge in [0.1, 0.15) is 5.75 Å². The molecule has 1 saturated heterocycles. The van der Waals surface area contributed by atoms with E-state index in [9.17, 15) is 9.90 Å². The number of hydrogen-bond acceptors (Lipinski definition) is 3. The van der Waals surface area contributed by atoms with Crippen LogP contribution in [0.25, 0.3) is 0 Å². The molecule has 1 aliphatic carbocycles. The van der Waals surface area contributed by atoms with E-state index in [0.717, 1.165) is 56.8 Å². The molecular formula is C21H33IN4O2. The fourth-order valence-corrected chi connectivity index (χ4v) is 4.03. The number of guanidine groups is 1. The van der Waals surface area contributed by atoms with Gasteiger partial charge in [-0.05, 0) is 50.3 Å². The highest BCUT2D eigenvalue weighted by Gasteiger charge is 2.32. The average molecular weight is 500 g/mol. The Morgan fingerprint density at radius 3 is 2.79 bits per heavy atom. The maximum atomic E-state index is 12.6. The number of likely N-dealkylation sites (tertiary alicyclic amines) is 1. The average Bonchev–Trinajstić information content (AvgIpc) is 3.33. The molecule has 3 rings (SSSR count). The zero-order chi connectivity index (χ0) is 19.1. The van der Waals surface area contributed by atoms with E-state index in [4.69, 9.17) is 0 Å². The number of phenols is 1. The van der Waals surface area contributed by atoms with Crippen LogP contribution < -0.4 is 10.6 Å². The smallest absolute Gasteiger partial charge is 0.225 e. The first-order valence-electron chi connectivity index (χ1n) is 10.3. The lowest BCUT2D eigenvalue weighted by Crippen LogP contribution is -2.45. The molecule has 2 aliphatic rings. The maximum Gasteiger partial charge on any atom is 0.225 e. The molecule has 7 heteroatoms. The fourth-order valence-electron chi connectivity index (χ4n) is 4.03. The fraction of sp³-hybridized carbons (Fsp3) is 0.619. The van der Waals surface area contributed by atoms with Gasteiger partial charge in [0.15, 0.2) is 5.96 Å². The number of hydrogen-bond donors (Lipinski definition) is 3. The Hall–Kier alpha value is -1.51. The second kappa shape index (κ2) is 11.5. The van der Waals surface area contributed by atoms with E-state index in [1.807, 2.05) is 17.0 Å². The zero-order valence-electron chi connectivity index (χ0n) is 16.7. The van der Waals surface area contributed by atoms with Crippen molar-refractivity contribution < 1.29 is 9.90 Å². The number of aromatic hydroxyl groups is 1. The molecule has 28 heavy (non-hydrogen) atoms. The van der Waals surface area contributed by atoms with E-state index < -0.39 is 0 Å². The Labute approximate surface area is 185 Å². The Balaban J connectivity index is 0.00000280. The number of aliphatic imine (C=N–C) groups is 1. The van der Waals surface area contributed by atoms with Crippen molar-refractivity contribution in [3.63, 3.8) is 0 Å². The Morgan fingerprint density at radius 2 is 2.07 bits per heavy atom. The number of benzene rings is 1. The molecule has 3 N–H and O–H groups in total. The lowest BCUT2D eigenvalue weighted by atomic mass is 10.1. The highest BCUT2D eigenvalue weighted by atomic mass is 127. The van der Waals surface area contributed by atoms with Gasteiger partial charge in [0.25, 0.3) is 0 Å². The largest absolute Gasteiger partial charge is 0.508 e. The van der Waals surface area contributed by atoms with Gasteiger partial charge in [-0.1, -0.05) is 25.0 Å². The summed E-state index contributed by atoms with van der Waals surface area (Å²) in [4.78, 5) is 19.3. The molecule has 2 fully saturated rings. The Kier molecular flexibility index (Phi) is 9.34. The van der Waals surface area contributed by atoms with Gasteiger partial charge in [-0.3, -0.25) is 9.79 Å². The molecule has 1 atom stereocenters. The number of carbonyl (C=O) groups is 1. The second-order valence-corrected chi connectivity index (χ2v) is 7.58. The first-order chi connectivity index (χ1) is 13.2. The summed E-state index contributed by atoms with van der Waals surface area (Å²) in [6, 6.07) is 7.57. The van der Waals surface area contributed by atoms with Crippen molar-refractivity contribution in [3.05, 3.63) is 29.8 Å². The monoisotopic (exact) mass is 500 g/mol. The third kappa shape index (κ3) is 6.53. The first-order valence-corrected chi connectivity index (χ1v) is 10.3. The van der Waals surface area contributed by atoms with Crippen molar-refractivity contribution in [2.75, 3.05) is 26.2 Å². The number of nitrogens with zero attached hydrogens (tertiary/aromatic N) is 2. The van der Waals surface area contributed by atoms with Crippen LogP contribution >= 0.6 is 24.0 Å². The van der Waals surface area contributed by atoms with Crippen LogP contribution in [0, 0.1) is 5.92 Å². The van der Waals surface area contributed by atoms with E-state index in [-0.39, 0.29) is 35.9 Å². The molecule has 1 amide bonds. The number of nitrogens with one attached hydrogen (secondary N) is 2. The number of amides is 1. The first kappa shape index (κ1) is 22.8. The minimum atomic E-state index is 0. The van der Waals surface area contributed by atoms with E-state index >= 15 is 0 Å². The predicted octanol–water partition coefficient (Wildman–Crippen LogP) is 2.90. The molecule has 1 saturated carbocycles. The Morgan fingerprint density at radius 1 is 1.29 bits per heavy atom. The van der Waals surface area contributed by atoms with Gasteiger partial charge >= 0.3 is 0 Å². The summed E-state index contributed by atoms with van der Waals surface area (Å²) in [6.07, 6.45) is 6.27. The maximum absolute atomic E-state index is 12.6. The SMILES string of the molecule is CCNC(=NCCc1cccc(O)c1)NC1CCN(C(=O)C2CCCC2)C1.I. The van der Waals surface area contributed by atoms with Crippen LogP contribution in [0.15, 0.2) is 29.3 Å². The summed E-state index contributed by atoms with van der Waals surface area (Å²) in [5.41, 5.74) is 1.07. The van der Waals surface area contributed by atoms with Crippen molar-refractivity contribution in [3.8, 4) is 5.75 Å². The summed E-state index contributed by atoms with van der Waals surface area (Å²) in [5.74, 6) is 1.70. The summed E-state index contributed by atoms with van der Waals surface area (Å²) in [5, 5.41) is 16.3. The summed E-state index contributed by atoms with van der Waals surface area (Å²) < 4.78 is 0. The van der Waals surface area contributed by atoms with Crippen LogP contribution in [-0.4, -0.2) is 54.1 Å². The van der Waals surface area contributed by atoms with Crippen molar-refractivity contribution in [1.29, 1.82) is 0 Å². The minimum absolute atomic E-state index is 0. The van der Waals surface area contributed by atoms with Gasteiger partial charge in [-0.25, -0.2) is 0 Å². The highest BCUT2D eigenvalue weighted by Crippen LogP contribution is 2.27. The molecule has 1 aromatic rings. The van der Waals surface area contributed by atoms with Gasteiger partial charge in [0.2, 0.25) is 5.91 Å². The third-order valence-corrected chi connectivity index (χ3v) is 5.47. The van der Waals surface area contributed by atoms with Crippen molar-refractivity contribution in [1.82, 2.24) is 15.5 Å². The molecule has 1 aromatic carbocycles. The van der Waals surface area contributed by atoms with Crippen molar-refractivity contribution in [2.45, 2.75) is 51.5 Å². The van der Waals surface area contributed by atoms with Crippen LogP contribution in [0.4, 0.5) is 0 Å². The molecular weight excluding hydrogens is 467 g/mol. The van der Waals surface area contributed by atoms with Crippen LogP contribution in [0.2, 0.25) is 0 Å².